The van der Waals surface area contributed by atoms with Gasteiger partial charge in [-0.15, -0.1) is 0 Å². The minimum atomic E-state index is 1.13. The smallest absolute Gasteiger partial charge is 0.0287 e. The predicted molar refractivity (Wildman–Crippen MR) is 38.9 cm³/mol. The summed E-state index contributed by atoms with van der Waals surface area (Å²) in [7, 11) is 0. The Labute approximate surface area is 51.9 Å². The van der Waals surface area contributed by atoms with Gasteiger partial charge in [0.2, 0.25) is 0 Å². The van der Waals surface area contributed by atoms with Crippen molar-refractivity contribution < 1.29 is 0 Å². The summed E-state index contributed by atoms with van der Waals surface area (Å²) in [5.41, 5.74) is 1.23. The highest BCUT2D eigenvalue weighted by atomic mass is 13.9. The Morgan fingerprint density at radius 2 is 2.25 bits per heavy atom. The first-order valence-electron chi connectivity index (χ1n) is 3.11. The molecule has 0 amide bonds. The van der Waals surface area contributed by atoms with E-state index in [0.29, 0.717) is 0 Å². The molecule has 0 saturated heterocycles. The van der Waals surface area contributed by atoms with Crippen LogP contribution in [0.3, 0.4) is 0 Å². The summed E-state index contributed by atoms with van der Waals surface area (Å²) < 4.78 is 0. The summed E-state index contributed by atoms with van der Waals surface area (Å²) in [6, 6.07) is 0. The molecule has 0 aromatic heterocycles. The molecule has 0 bridgehead atoms. The van der Waals surface area contributed by atoms with Crippen LogP contribution in [0.2, 0.25) is 0 Å². The number of allylic oxidation sites excluding steroid dienone is 3. The van der Waals surface area contributed by atoms with E-state index in [1.165, 1.54) is 12.0 Å². The van der Waals surface area contributed by atoms with Gasteiger partial charge < -0.3 is 0 Å². The molecule has 8 heavy (non-hydrogen) atoms. The van der Waals surface area contributed by atoms with Crippen LogP contribution in [0.25, 0.3) is 0 Å². The Morgan fingerprint density at radius 1 is 1.62 bits per heavy atom. The topological polar surface area (TPSA) is 0 Å². The fraction of sp³-hybridized carbons (Fsp3) is 0.500. The molecule has 0 aliphatic carbocycles. The molecule has 0 atom stereocenters. The van der Waals surface area contributed by atoms with Crippen molar-refractivity contribution in [3.63, 3.8) is 0 Å². The number of hydrogen-bond acceptors (Lipinski definition) is 0. The fourth-order valence-corrected chi connectivity index (χ4v) is 0.640. The molecule has 0 N–H and O–H groups in total. The maximum Gasteiger partial charge on any atom is -0.0287 e. The summed E-state index contributed by atoms with van der Waals surface area (Å²) in [5, 5.41) is 0. The minimum absolute atomic E-state index is 1.13. The average molecular weight is 110 g/mol. The summed E-state index contributed by atoms with van der Waals surface area (Å²) in [6.07, 6.45) is 6.41. The molecule has 46 valence electrons. The molecule has 0 saturated carbocycles. The maximum atomic E-state index is 3.85. The minimum Gasteiger partial charge on any atom is -0.0958 e. The lowest BCUT2D eigenvalue weighted by Gasteiger charge is -1.91. The fourth-order valence-electron chi connectivity index (χ4n) is 0.640. The van der Waals surface area contributed by atoms with Crippen molar-refractivity contribution in [3.8, 4) is 0 Å². The Morgan fingerprint density at radius 3 is 2.62 bits per heavy atom. The molecule has 0 heteroatoms. The third-order valence-electron chi connectivity index (χ3n) is 0.973. The molecular weight excluding hydrogens is 96.1 g/mol. The van der Waals surface area contributed by atoms with E-state index < -0.39 is 0 Å². The van der Waals surface area contributed by atoms with Gasteiger partial charge in [0.1, 0.15) is 0 Å². The van der Waals surface area contributed by atoms with Crippen LogP contribution in [0.5, 0.6) is 0 Å². The largest absolute Gasteiger partial charge is 0.0958 e. The molecule has 0 aliphatic rings. The van der Waals surface area contributed by atoms with E-state index in [1.807, 2.05) is 13.0 Å². The first-order chi connectivity index (χ1) is 3.81. The maximum absolute atomic E-state index is 3.85. The van der Waals surface area contributed by atoms with E-state index in [9.17, 15) is 0 Å². The Hall–Kier alpha value is -0.520. The number of rotatable bonds is 3. The van der Waals surface area contributed by atoms with Crippen LogP contribution in [-0.2, 0) is 0 Å². The summed E-state index contributed by atoms with van der Waals surface area (Å²) >= 11 is 0. The molecule has 0 nitrogen and oxygen atoms in total. The van der Waals surface area contributed by atoms with Crippen molar-refractivity contribution in [2.45, 2.75) is 26.7 Å². The standard InChI is InChI=1S/C8H14/c1-4-6-8(3)7-5-2/h4,6H,3,5,7H2,1-2H3. The van der Waals surface area contributed by atoms with Gasteiger partial charge in [0, 0.05) is 0 Å². The third-order valence-corrected chi connectivity index (χ3v) is 0.973. The van der Waals surface area contributed by atoms with E-state index in [2.05, 4.69) is 19.6 Å². The van der Waals surface area contributed by atoms with Crippen LogP contribution in [0, 0.1) is 0 Å². The van der Waals surface area contributed by atoms with E-state index in [4.69, 9.17) is 0 Å². The van der Waals surface area contributed by atoms with Crippen LogP contribution >= 0.6 is 0 Å². The van der Waals surface area contributed by atoms with Crippen LogP contribution in [-0.4, -0.2) is 0 Å². The Bertz CT molecular complexity index is 88.2. The normalized spacial score (nSPS) is 10.2. The van der Waals surface area contributed by atoms with Gasteiger partial charge in [0.25, 0.3) is 0 Å². The van der Waals surface area contributed by atoms with Crippen molar-refractivity contribution in [1.29, 1.82) is 0 Å². The first kappa shape index (κ1) is 7.48. The second-order valence-corrected chi connectivity index (χ2v) is 1.91. The van der Waals surface area contributed by atoms with Gasteiger partial charge in [0.15, 0.2) is 0 Å². The summed E-state index contributed by atoms with van der Waals surface area (Å²) in [5.74, 6) is 0. The first-order valence-corrected chi connectivity index (χ1v) is 3.11. The molecule has 0 fully saturated rings. The molecule has 0 aromatic rings. The van der Waals surface area contributed by atoms with Crippen molar-refractivity contribution in [1.82, 2.24) is 0 Å². The highest BCUT2D eigenvalue weighted by Crippen LogP contribution is 2.01. The molecule has 0 unspecified atom stereocenters. The summed E-state index contributed by atoms with van der Waals surface area (Å²) in [4.78, 5) is 0. The Balaban J connectivity index is 3.33. The lowest BCUT2D eigenvalue weighted by Crippen LogP contribution is -1.71. The van der Waals surface area contributed by atoms with Crippen LogP contribution in [0.1, 0.15) is 26.7 Å². The number of hydrogen-bond donors (Lipinski definition) is 0. The van der Waals surface area contributed by atoms with E-state index in [1.54, 1.807) is 0 Å². The van der Waals surface area contributed by atoms with Crippen molar-refractivity contribution >= 4 is 0 Å². The van der Waals surface area contributed by atoms with Gasteiger partial charge in [-0.25, -0.2) is 0 Å². The van der Waals surface area contributed by atoms with Gasteiger partial charge in [0.05, 0.1) is 0 Å². The lowest BCUT2D eigenvalue weighted by atomic mass is 10.2. The van der Waals surface area contributed by atoms with E-state index in [0.717, 1.165) is 6.42 Å². The molecule has 0 radical (unpaired) electrons. The Kier molecular flexibility index (Phi) is 4.33. The van der Waals surface area contributed by atoms with Crippen LogP contribution in [0.15, 0.2) is 24.3 Å². The van der Waals surface area contributed by atoms with E-state index >= 15 is 0 Å². The van der Waals surface area contributed by atoms with Crippen LogP contribution < -0.4 is 0 Å². The van der Waals surface area contributed by atoms with Gasteiger partial charge in [-0.3, -0.25) is 0 Å². The second kappa shape index (κ2) is 4.63. The third kappa shape index (κ3) is 3.66. The second-order valence-electron chi connectivity index (χ2n) is 1.91. The molecule has 0 aromatic carbocycles. The zero-order valence-corrected chi connectivity index (χ0v) is 5.78. The van der Waals surface area contributed by atoms with Crippen molar-refractivity contribution in [2.75, 3.05) is 0 Å². The zero-order chi connectivity index (χ0) is 6.41. The monoisotopic (exact) mass is 110 g/mol. The summed E-state index contributed by atoms with van der Waals surface area (Å²) in [6.45, 7) is 8.02. The van der Waals surface area contributed by atoms with E-state index in [-0.39, 0.29) is 0 Å². The SMILES string of the molecule is C=C(C=CC)CCC. The molecular formula is C8H14. The molecule has 0 spiro atoms. The average Bonchev–Trinajstić information content (AvgIpc) is 1.68. The van der Waals surface area contributed by atoms with Gasteiger partial charge in [-0.2, -0.15) is 0 Å². The van der Waals surface area contributed by atoms with Crippen molar-refractivity contribution in [3.05, 3.63) is 24.3 Å². The molecule has 0 heterocycles. The lowest BCUT2D eigenvalue weighted by molar-refractivity contribution is 0.929. The highest BCUT2D eigenvalue weighted by molar-refractivity contribution is 5.12. The molecule has 0 aliphatic heterocycles. The van der Waals surface area contributed by atoms with Gasteiger partial charge in [-0.05, 0) is 13.3 Å². The van der Waals surface area contributed by atoms with Gasteiger partial charge >= 0.3 is 0 Å². The highest BCUT2D eigenvalue weighted by Gasteiger charge is 1.81. The molecule has 0 rings (SSSR count). The van der Waals surface area contributed by atoms with Crippen LogP contribution in [0.4, 0.5) is 0 Å². The van der Waals surface area contributed by atoms with Crippen molar-refractivity contribution in [2.24, 2.45) is 0 Å². The van der Waals surface area contributed by atoms with Gasteiger partial charge in [-0.1, -0.05) is 37.6 Å². The quantitative estimate of drug-likeness (QED) is 0.490. The zero-order valence-electron chi connectivity index (χ0n) is 5.78. The predicted octanol–water partition coefficient (Wildman–Crippen LogP) is 2.92.